The maximum atomic E-state index is 15.1. The number of nitrogens with zero attached hydrogens (tertiary/aromatic N) is 2. The number of carbonyl (C=O) groups is 4. The number of amides is 2. The molecule has 0 bridgehead atoms. The first-order chi connectivity index (χ1) is 27.5. The number of sulfonamides is 1. The van der Waals surface area contributed by atoms with Crippen LogP contribution in [-0.4, -0.2) is 83.9 Å². The molecule has 16 heteroatoms. The molecular formula is C43H56F3N3O9S. The number of carbonyl (C=O) groups excluding carboxylic acids is 4. The third-order valence-corrected chi connectivity index (χ3v) is 15.3. The lowest BCUT2D eigenvalue weighted by atomic mass is 9.79. The molecule has 2 aliphatic carbocycles. The molecule has 6 rings (SSSR count). The van der Waals surface area contributed by atoms with Crippen molar-refractivity contribution in [3.8, 4) is 11.8 Å². The summed E-state index contributed by atoms with van der Waals surface area (Å²) in [4.78, 5) is 63.1. The van der Waals surface area contributed by atoms with Crippen molar-refractivity contribution in [1.29, 1.82) is 0 Å². The number of alkyl halides is 2. The van der Waals surface area contributed by atoms with Crippen molar-refractivity contribution in [2.75, 3.05) is 13.7 Å². The van der Waals surface area contributed by atoms with Crippen LogP contribution in [0, 0.1) is 34.9 Å². The number of esters is 1. The van der Waals surface area contributed by atoms with Gasteiger partial charge in [-0.15, -0.1) is 0 Å². The van der Waals surface area contributed by atoms with E-state index in [1.165, 1.54) is 36.3 Å². The minimum absolute atomic E-state index is 0.0542. The third-order valence-electron chi connectivity index (χ3n) is 13.2. The maximum Gasteiger partial charge on any atom is 0.307 e. The van der Waals surface area contributed by atoms with E-state index in [9.17, 15) is 36.0 Å². The van der Waals surface area contributed by atoms with Crippen molar-refractivity contribution >= 4 is 44.4 Å². The number of fused-ring (bicyclic) bond motifs is 3. The molecule has 1 N–H and O–H groups in total. The molecule has 324 valence electrons. The average Bonchev–Trinajstić information content (AvgIpc) is 4.03. The number of ketones is 1. The Labute approximate surface area is 344 Å². The first-order valence-corrected chi connectivity index (χ1v) is 22.0. The molecule has 12 nitrogen and oxygen atoms in total. The molecule has 2 aromatic rings. The zero-order valence-corrected chi connectivity index (χ0v) is 35.6. The summed E-state index contributed by atoms with van der Waals surface area (Å²) in [6.45, 7) is 8.18. The van der Waals surface area contributed by atoms with Crippen LogP contribution >= 0.6 is 0 Å². The number of ether oxygens (including phenoxy) is 3. The third kappa shape index (κ3) is 9.26. The van der Waals surface area contributed by atoms with Crippen LogP contribution < -0.4 is 14.2 Å². The van der Waals surface area contributed by atoms with Crippen molar-refractivity contribution in [3.05, 3.63) is 42.2 Å². The number of aromatic nitrogens is 1. The van der Waals surface area contributed by atoms with E-state index in [1.807, 2.05) is 26.0 Å². The highest BCUT2D eigenvalue weighted by Crippen LogP contribution is 2.58. The van der Waals surface area contributed by atoms with Crippen LogP contribution in [0.15, 0.2) is 36.4 Å². The van der Waals surface area contributed by atoms with Crippen LogP contribution in [0.3, 0.4) is 0 Å². The first kappa shape index (κ1) is 44.3. The lowest BCUT2D eigenvalue weighted by Gasteiger charge is -2.35. The van der Waals surface area contributed by atoms with Crippen LogP contribution in [-0.2, 0) is 33.9 Å². The fourth-order valence-corrected chi connectivity index (χ4v) is 9.80. The largest absolute Gasteiger partial charge is 0.481 e. The van der Waals surface area contributed by atoms with E-state index in [4.69, 9.17) is 14.2 Å². The molecule has 2 saturated carbocycles. The van der Waals surface area contributed by atoms with Crippen LogP contribution in [0.5, 0.6) is 11.8 Å². The predicted octanol–water partition coefficient (Wildman–Crippen LogP) is 7.08. The molecule has 3 heterocycles. The fourth-order valence-electron chi connectivity index (χ4n) is 8.46. The number of hydrogen-bond donors (Lipinski definition) is 1. The van der Waals surface area contributed by atoms with Gasteiger partial charge in [0.1, 0.15) is 11.9 Å². The molecule has 0 spiro atoms. The summed E-state index contributed by atoms with van der Waals surface area (Å²) in [5.41, 5.74) is -3.55. The molecule has 0 unspecified atom stereocenters. The van der Waals surface area contributed by atoms with E-state index in [-0.39, 0.29) is 43.5 Å². The average molecular weight is 848 g/mol. The Balaban J connectivity index is 1.38. The Morgan fingerprint density at radius 1 is 1.10 bits per heavy atom. The number of hydrogen-bond acceptors (Lipinski definition) is 10. The van der Waals surface area contributed by atoms with Crippen molar-refractivity contribution in [1.82, 2.24) is 14.6 Å². The molecule has 1 saturated heterocycles. The minimum atomic E-state index is -4.03. The fraction of sp³-hybridized carbons (Fsp3) is 0.651. The predicted molar refractivity (Wildman–Crippen MR) is 212 cm³/mol. The number of allylic oxidation sites excluding steroid dienone is 2. The Hall–Kier alpha value is -4.21. The van der Waals surface area contributed by atoms with Gasteiger partial charge in [0.2, 0.25) is 33.6 Å². The number of methoxy groups -OCH3 is 1. The molecule has 0 radical (unpaired) electrons. The maximum absolute atomic E-state index is 15.1. The molecular weight excluding hydrogens is 792 g/mol. The van der Waals surface area contributed by atoms with Gasteiger partial charge in [0, 0.05) is 31.2 Å². The topological polar surface area (TPSA) is 158 Å². The van der Waals surface area contributed by atoms with E-state index >= 15 is 4.79 Å². The number of pyridine rings is 1. The summed E-state index contributed by atoms with van der Waals surface area (Å²) in [6, 6.07) is 4.39. The van der Waals surface area contributed by atoms with E-state index in [2.05, 4.69) is 9.71 Å². The number of halogens is 3. The van der Waals surface area contributed by atoms with Gasteiger partial charge in [-0.25, -0.2) is 21.6 Å². The summed E-state index contributed by atoms with van der Waals surface area (Å²) in [7, 11) is -2.64. The van der Waals surface area contributed by atoms with Crippen molar-refractivity contribution in [2.45, 2.75) is 134 Å². The van der Waals surface area contributed by atoms with Crippen LogP contribution in [0.2, 0.25) is 0 Å². The molecule has 1 aromatic carbocycles. The standard InChI is InChI=1S/C43H56F3N3O9S/c1-8-26-17-25(2)11-9-10-12-28-22-43(28,39(53)48-59(54,55)41(5)15-16-41)23-34(50)33-20-30(57-37-31-14-13-29(44)18-27(31)19-35(47-37)56-7)24-49(33)38(52)32(26)21-36(51)58-40(3,4)42(6,45)46/h10,12-14,18-19,25-26,28,30,32-33H,8-9,11,15-17,20-24H2,1-7H3,(H,48,53)/b12-10-/t25-,26+,28+,30+,32-,33-,43+/m0/s1. The van der Waals surface area contributed by atoms with Gasteiger partial charge in [0.05, 0.1) is 42.2 Å². The Morgan fingerprint density at radius 2 is 1.81 bits per heavy atom. The summed E-state index contributed by atoms with van der Waals surface area (Å²) >= 11 is 0. The molecule has 3 fully saturated rings. The Morgan fingerprint density at radius 3 is 2.46 bits per heavy atom. The van der Waals surface area contributed by atoms with Gasteiger partial charge in [0.25, 0.3) is 5.92 Å². The van der Waals surface area contributed by atoms with Gasteiger partial charge >= 0.3 is 5.97 Å². The SMILES string of the molecule is CC[C@@H]1C[C@@H](C)CC/C=C\[C@@H]2C[C@@]2(C(=O)NS(=O)(=O)C2(C)CC2)CC(=O)[C@@H]2C[C@@H](Oc3nc(OC)cc4cc(F)ccc34)CN2C(=O)[C@H]1CC(=O)OC(C)(C)C(C)(F)F. The highest BCUT2D eigenvalue weighted by Gasteiger charge is 2.63. The summed E-state index contributed by atoms with van der Waals surface area (Å²) < 4.78 is 88.1. The normalized spacial score (nSPS) is 29.4. The number of nitrogens with one attached hydrogen (secondary N) is 1. The monoisotopic (exact) mass is 847 g/mol. The van der Waals surface area contributed by atoms with Gasteiger partial charge in [-0.3, -0.25) is 23.9 Å². The molecule has 2 aliphatic heterocycles. The number of benzene rings is 1. The molecule has 1 aromatic heterocycles. The Kier molecular flexibility index (Phi) is 12.3. The van der Waals surface area contributed by atoms with E-state index in [0.29, 0.717) is 56.2 Å². The van der Waals surface area contributed by atoms with Gasteiger partial charge < -0.3 is 19.1 Å². The molecule has 59 heavy (non-hydrogen) atoms. The smallest absolute Gasteiger partial charge is 0.307 e. The second-order valence-electron chi connectivity index (χ2n) is 18.0. The van der Waals surface area contributed by atoms with Gasteiger partial charge in [-0.2, -0.15) is 4.98 Å². The Bertz CT molecular complexity index is 2120. The summed E-state index contributed by atoms with van der Waals surface area (Å²) in [5.74, 6) is -8.36. The number of Topliss-reactive ketones (excluding diaryl/α,β-unsaturated/α-hetero) is 1. The van der Waals surface area contributed by atoms with Crippen LogP contribution in [0.4, 0.5) is 13.2 Å². The lowest BCUT2D eigenvalue weighted by Crippen LogP contribution is -2.49. The van der Waals surface area contributed by atoms with Crippen molar-refractivity contribution in [3.63, 3.8) is 0 Å². The van der Waals surface area contributed by atoms with E-state index in [1.54, 1.807) is 6.92 Å². The minimum Gasteiger partial charge on any atom is -0.481 e. The zero-order chi connectivity index (χ0) is 43.3. The summed E-state index contributed by atoms with van der Waals surface area (Å²) in [5, 5.41) is 0.876. The van der Waals surface area contributed by atoms with E-state index < -0.39 is 97.4 Å². The van der Waals surface area contributed by atoms with Crippen LogP contribution in [0.25, 0.3) is 10.8 Å². The highest BCUT2D eigenvalue weighted by molar-refractivity contribution is 7.91. The van der Waals surface area contributed by atoms with Crippen LogP contribution in [0.1, 0.15) is 106 Å². The number of rotatable bonds is 11. The van der Waals surface area contributed by atoms with E-state index in [0.717, 1.165) is 13.8 Å². The van der Waals surface area contributed by atoms with Crippen molar-refractivity contribution < 1.29 is 55.0 Å². The van der Waals surface area contributed by atoms with Gasteiger partial charge in [0.15, 0.2) is 11.4 Å². The molecule has 4 aliphatic rings. The second kappa shape index (κ2) is 16.3. The molecule has 2 amide bonds. The van der Waals surface area contributed by atoms with Gasteiger partial charge in [-0.1, -0.05) is 32.4 Å². The second-order valence-corrected chi connectivity index (χ2v) is 20.2. The molecule has 7 atom stereocenters. The quantitative estimate of drug-likeness (QED) is 0.183. The first-order valence-electron chi connectivity index (χ1n) is 20.5. The highest BCUT2D eigenvalue weighted by atomic mass is 32.2. The van der Waals surface area contributed by atoms with Crippen molar-refractivity contribution in [2.24, 2.45) is 29.1 Å². The van der Waals surface area contributed by atoms with Gasteiger partial charge in [-0.05, 0) is 101 Å². The lowest BCUT2D eigenvalue weighted by molar-refractivity contribution is -0.197. The zero-order valence-electron chi connectivity index (χ0n) is 34.8. The summed E-state index contributed by atoms with van der Waals surface area (Å²) in [6.07, 6.45) is 5.31.